The van der Waals surface area contributed by atoms with Gasteiger partial charge in [-0.15, -0.1) is 0 Å². The van der Waals surface area contributed by atoms with Crippen LogP contribution < -0.4 is 19.5 Å². The largest absolute Gasteiger partial charge is 0.619 e. The van der Waals surface area contributed by atoms with Crippen molar-refractivity contribution in [3.8, 4) is 11.5 Å². The number of nitrogens with one attached hydrogen (secondary N) is 1. The number of ether oxygens (including phenoxy) is 3. The maximum atomic E-state index is 12.5. The first-order chi connectivity index (χ1) is 13.4. The van der Waals surface area contributed by atoms with Gasteiger partial charge in [0.25, 0.3) is 0 Å². The molecule has 2 heterocycles. The van der Waals surface area contributed by atoms with Crippen LogP contribution in [0.15, 0.2) is 30.6 Å². The molecule has 1 atom stereocenters. The first-order valence-corrected chi connectivity index (χ1v) is 9.38. The first-order valence-electron chi connectivity index (χ1n) is 8.62. The zero-order valence-electron chi connectivity index (χ0n) is 15.4. The lowest BCUT2D eigenvalue weighted by molar-refractivity contribution is -0.605. The number of hydrogen-bond acceptors (Lipinski definition) is 6. The minimum Gasteiger partial charge on any atom is -0.619 e. The predicted octanol–water partition coefficient (Wildman–Crippen LogP) is 2.69. The molecule has 1 N–H and O–H groups in total. The topological polar surface area (TPSA) is 83.7 Å². The van der Waals surface area contributed by atoms with E-state index >= 15 is 0 Å². The molecule has 7 nitrogen and oxygen atoms in total. The highest BCUT2D eigenvalue weighted by molar-refractivity contribution is 6.35. The fraction of sp³-hybridized carbons (Fsp3) is 0.368. The number of pyridine rings is 1. The molecule has 1 aliphatic rings. The minimum absolute atomic E-state index is 0.187. The van der Waals surface area contributed by atoms with Crippen molar-refractivity contribution < 1.29 is 23.7 Å². The lowest BCUT2D eigenvalue weighted by Crippen LogP contribution is -2.47. The number of esters is 1. The summed E-state index contributed by atoms with van der Waals surface area (Å²) in [6.45, 7) is 1.17. The van der Waals surface area contributed by atoms with Crippen LogP contribution in [0.5, 0.6) is 11.5 Å². The molecule has 0 saturated carbocycles. The Morgan fingerprint density at radius 2 is 1.86 bits per heavy atom. The van der Waals surface area contributed by atoms with Crippen molar-refractivity contribution >= 4 is 29.2 Å². The highest BCUT2D eigenvalue weighted by Crippen LogP contribution is 2.35. The Kier molecular flexibility index (Phi) is 6.49. The Balaban J connectivity index is 1.94. The quantitative estimate of drug-likeness (QED) is 0.416. The fourth-order valence-electron chi connectivity index (χ4n) is 2.88. The molecule has 0 amide bonds. The van der Waals surface area contributed by atoms with Gasteiger partial charge >= 0.3 is 5.97 Å². The third-order valence-electron chi connectivity index (χ3n) is 4.60. The monoisotopic (exact) mass is 426 g/mol. The molecule has 1 fully saturated rings. The number of aromatic nitrogens is 1. The van der Waals surface area contributed by atoms with E-state index in [1.807, 2.05) is 0 Å². The molecule has 3 rings (SSSR count). The molecule has 0 radical (unpaired) electrons. The third-order valence-corrected chi connectivity index (χ3v) is 5.25. The zero-order chi connectivity index (χ0) is 20.3. The molecular formula is C19H20Cl2N2O5. The highest BCUT2D eigenvalue weighted by atomic mass is 35.5. The second kappa shape index (κ2) is 8.86. The van der Waals surface area contributed by atoms with Gasteiger partial charge in [0.1, 0.15) is 16.1 Å². The molecule has 0 unspecified atom stereocenters. The predicted molar refractivity (Wildman–Crippen MR) is 104 cm³/mol. The SMILES string of the molecule is COc1ccc([C@H](Cc2c(Cl)c[n+]([O-])cc2Cl)OC(=O)C2CNC2)cc1OC. The number of carbonyl (C=O) groups is 1. The van der Waals surface area contributed by atoms with Crippen molar-refractivity contribution in [1.82, 2.24) is 5.32 Å². The molecule has 0 spiro atoms. The van der Waals surface area contributed by atoms with Crippen LogP contribution in [0.2, 0.25) is 10.0 Å². The lowest BCUT2D eigenvalue weighted by Gasteiger charge is -2.28. The van der Waals surface area contributed by atoms with Crippen LogP contribution in [0.25, 0.3) is 0 Å². The Morgan fingerprint density at radius 1 is 1.21 bits per heavy atom. The van der Waals surface area contributed by atoms with E-state index in [1.165, 1.54) is 19.5 Å². The number of benzene rings is 1. The Hall–Kier alpha value is -2.22. The molecule has 1 aromatic carbocycles. The molecule has 9 heteroatoms. The Labute approximate surface area is 172 Å². The summed E-state index contributed by atoms with van der Waals surface area (Å²) in [7, 11) is 3.07. The standard InChI is InChI=1S/C19H20Cl2N2O5/c1-26-16-4-3-11(5-18(16)27-2)17(28-19(24)12-7-22-8-12)6-13-14(20)9-23(25)10-15(13)21/h3-5,9-10,12,17,22H,6-8H2,1-2H3/t17-/m0/s1. The van der Waals surface area contributed by atoms with E-state index in [9.17, 15) is 10.0 Å². The van der Waals surface area contributed by atoms with Crippen molar-refractivity contribution in [3.05, 3.63) is 57.0 Å². The zero-order valence-corrected chi connectivity index (χ0v) is 16.9. The van der Waals surface area contributed by atoms with Crippen LogP contribution in [0.3, 0.4) is 0 Å². The van der Waals surface area contributed by atoms with Gasteiger partial charge in [0, 0.05) is 25.1 Å². The summed E-state index contributed by atoms with van der Waals surface area (Å²) < 4.78 is 16.9. The second-order valence-corrected chi connectivity index (χ2v) is 7.21. The van der Waals surface area contributed by atoms with E-state index < -0.39 is 6.10 Å². The van der Waals surface area contributed by atoms with Crippen molar-refractivity contribution in [2.75, 3.05) is 27.3 Å². The minimum atomic E-state index is -0.662. The van der Waals surface area contributed by atoms with Gasteiger partial charge in [-0.1, -0.05) is 29.3 Å². The summed E-state index contributed by atoms with van der Waals surface area (Å²) in [6, 6.07) is 5.27. The molecule has 1 aliphatic heterocycles. The van der Waals surface area contributed by atoms with Crippen molar-refractivity contribution in [2.24, 2.45) is 5.92 Å². The van der Waals surface area contributed by atoms with Crippen molar-refractivity contribution in [2.45, 2.75) is 12.5 Å². The van der Waals surface area contributed by atoms with E-state index in [0.717, 1.165) is 0 Å². The van der Waals surface area contributed by atoms with E-state index in [4.69, 9.17) is 37.4 Å². The van der Waals surface area contributed by atoms with E-state index in [2.05, 4.69) is 5.32 Å². The van der Waals surface area contributed by atoms with Gasteiger partial charge in [-0.25, -0.2) is 0 Å². The Bertz CT molecular complexity index is 850. The highest BCUT2D eigenvalue weighted by Gasteiger charge is 2.30. The third kappa shape index (κ3) is 4.43. The van der Waals surface area contributed by atoms with Gasteiger partial charge in [0.15, 0.2) is 23.9 Å². The molecule has 1 aromatic heterocycles. The van der Waals surface area contributed by atoms with Crippen LogP contribution in [-0.4, -0.2) is 33.3 Å². The number of halogens is 2. The number of nitrogens with zero attached hydrogens (tertiary/aromatic N) is 1. The molecule has 2 aromatic rings. The van der Waals surface area contributed by atoms with Crippen LogP contribution in [-0.2, 0) is 16.0 Å². The van der Waals surface area contributed by atoms with Crippen LogP contribution in [0, 0.1) is 11.1 Å². The van der Waals surface area contributed by atoms with Gasteiger partial charge in [-0.3, -0.25) is 4.79 Å². The Morgan fingerprint density at radius 3 is 2.39 bits per heavy atom. The smallest absolute Gasteiger partial charge is 0.312 e. The number of carbonyl (C=O) groups excluding carboxylic acids is 1. The van der Waals surface area contributed by atoms with E-state index in [-0.39, 0.29) is 28.4 Å². The van der Waals surface area contributed by atoms with Gasteiger partial charge < -0.3 is 24.7 Å². The summed E-state index contributed by atoms with van der Waals surface area (Å²) in [5.41, 5.74) is 1.22. The number of hydrogen-bond donors (Lipinski definition) is 1. The van der Waals surface area contributed by atoms with Gasteiger partial charge in [-0.2, -0.15) is 4.73 Å². The number of rotatable bonds is 7. The average molecular weight is 427 g/mol. The van der Waals surface area contributed by atoms with Gasteiger partial charge in [0.2, 0.25) is 0 Å². The molecule has 150 valence electrons. The van der Waals surface area contributed by atoms with Crippen molar-refractivity contribution in [3.63, 3.8) is 0 Å². The maximum absolute atomic E-state index is 12.5. The average Bonchev–Trinajstić information content (AvgIpc) is 2.61. The molecule has 1 saturated heterocycles. The summed E-state index contributed by atoms with van der Waals surface area (Å²) in [5, 5.41) is 15.0. The second-order valence-electron chi connectivity index (χ2n) is 6.39. The number of methoxy groups -OCH3 is 2. The van der Waals surface area contributed by atoms with E-state index in [0.29, 0.717) is 40.4 Å². The van der Waals surface area contributed by atoms with E-state index in [1.54, 1.807) is 25.3 Å². The van der Waals surface area contributed by atoms with Gasteiger partial charge in [0.05, 0.1) is 20.1 Å². The first kappa shape index (κ1) is 20.5. The fourth-order valence-corrected chi connectivity index (χ4v) is 3.48. The molecule has 28 heavy (non-hydrogen) atoms. The lowest BCUT2D eigenvalue weighted by atomic mass is 10.00. The van der Waals surface area contributed by atoms with Crippen LogP contribution in [0.1, 0.15) is 17.2 Å². The van der Waals surface area contributed by atoms with Crippen LogP contribution in [0.4, 0.5) is 0 Å². The van der Waals surface area contributed by atoms with Gasteiger partial charge in [-0.05, 0) is 17.7 Å². The van der Waals surface area contributed by atoms with Crippen molar-refractivity contribution in [1.29, 1.82) is 0 Å². The molecular weight excluding hydrogens is 407 g/mol. The normalized spacial score (nSPS) is 14.9. The molecule has 0 bridgehead atoms. The summed E-state index contributed by atoms with van der Waals surface area (Å²) in [5.74, 6) is 0.575. The maximum Gasteiger partial charge on any atom is 0.312 e. The van der Waals surface area contributed by atoms with Crippen LogP contribution >= 0.6 is 23.2 Å². The summed E-state index contributed by atoms with van der Waals surface area (Å²) in [4.78, 5) is 12.5. The molecule has 0 aliphatic carbocycles. The summed E-state index contributed by atoms with van der Waals surface area (Å²) in [6.07, 6.45) is 1.98. The summed E-state index contributed by atoms with van der Waals surface area (Å²) >= 11 is 12.4.